The van der Waals surface area contributed by atoms with Crippen LogP contribution in [0.1, 0.15) is 0 Å². The van der Waals surface area contributed by atoms with Crippen LogP contribution >= 0.6 is 11.6 Å². The van der Waals surface area contributed by atoms with Gasteiger partial charge >= 0.3 is 11.6 Å². The van der Waals surface area contributed by atoms with Gasteiger partial charge in [-0.25, -0.2) is 4.98 Å². The van der Waals surface area contributed by atoms with Gasteiger partial charge in [-0.3, -0.25) is 10.1 Å². The van der Waals surface area contributed by atoms with Gasteiger partial charge in [0.1, 0.15) is 11.9 Å². The number of nitro groups is 1. The molecular weight excluding hydrogens is 294 g/mol. The van der Waals surface area contributed by atoms with Gasteiger partial charge in [-0.2, -0.15) is 4.98 Å². The molecule has 1 heterocycles. The maximum absolute atomic E-state index is 11.0. The van der Waals surface area contributed by atoms with Crippen LogP contribution < -0.4 is 4.74 Å². The van der Waals surface area contributed by atoms with Crippen molar-refractivity contribution in [1.82, 2.24) is 9.97 Å². The highest BCUT2D eigenvalue weighted by molar-refractivity contribution is 6.28. The molecule has 6 nitrogen and oxygen atoms in total. The van der Waals surface area contributed by atoms with Crippen molar-refractivity contribution in [3.05, 3.63) is 64.1 Å². The lowest BCUT2D eigenvalue weighted by Gasteiger charge is -2.08. The fraction of sp³-hybridized carbons (Fsp3) is 0. The summed E-state index contributed by atoms with van der Waals surface area (Å²) in [6.07, 6.45) is 1.02. The van der Waals surface area contributed by atoms with Crippen molar-refractivity contribution in [2.24, 2.45) is 0 Å². The zero-order valence-corrected chi connectivity index (χ0v) is 11.3. The highest BCUT2D eigenvalue weighted by Crippen LogP contribution is 2.33. The Morgan fingerprint density at radius 1 is 1.14 bits per heavy atom. The van der Waals surface area contributed by atoms with Gasteiger partial charge in [0.15, 0.2) is 0 Å². The molecule has 2 aromatic carbocycles. The van der Waals surface area contributed by atoms with Crippen molar-refractivity contribution in [3.8, 4) is 11.6 Å². The molecule has 0 bridgehead atoms. The van der Waals surface area contributed by atoms with Crippen LogP contribution in [0.3, 0.4) is 0 Å². The fourth-order valence-electron chi connectivity index (χ4n) is 1.93. The lowest BCUT2D eigenvalue weighted by atomic mass is 10.1. The number of hydrogen-bond acceptors (Lipinski definition) is 5. The van der Waals surface area contributed by atoms with Crippen LogP contribution in [0.5, 0.6) is 11.6 Å². The normalized spacial score (nSPS) is 10.5. The highest BCUT2D eigenvalue weighted by atomic mass is 35.5. The molecular formula is C14H8ClN3O3. The Labute approximate surface area is 124 Å². The Kier molecular flexibility index (Phi) is 3.37. The monoisotopic (exact) mass is 301 g/mol. The predicted octanol–water partition coefficient (Wildman–Crippen LogP) is 3.98. The molecule has 3 rings (SSSR count). The van der Waals surface area contributed by atoms with E-state index in [9.17, 15) is 10.1 Å². The number of hydrogen-bond donors (Lipinski definition) is 0. The van der Waals surface area contributed by atoms with Gasteiger partial charge < -0.3 is 4.74 Å². The molecule has 21 heavy (non-hydrogen) atoms. The molecule has 0 aliphatic rings. The van der Waals surface area contributed by atoms with Gasteiger partial charge in [-0.15, -0.1) is 0 Å². The molecule has 0 saturated carbocycles. The zero-order valence-electron chi connectivity index (χ0n) is 10.6. The molecule has 1 aromatic heterocycles. The average Bonchev–Trinajstić information content (AvgIpc) is 2.47. The second kappa shape index (κ2) is 5.34. The van der Waals surface area contributed by atoms with E-state index in [4.69, 9.17) is 16.3 Å². The SMILES string of the molecule is O=[N+]([O-])c1cnc(Cl)nc1Oc1cccc2ccccc12. The average molecular weight is 302 g/mol. The summed E-state index contributed by atoms with van der Waals surface area (Å²) in [5.41, 5.74) is -0.340. The van der Waals surface area contributed by atoms with E-state index in [2.05, 4.69) is 9.97 Å². The third kappa shape index (κ3) is 2.61. The third-order valence-electron chi connectivity index (χ3n) is 2.86. The molecule has 7 heteroatoms. The van der Waals surface area contributed by atoms with Crippen molar-refractivity contribution in [3.63, 3.8) is 0 Å². The summed E-state index contributed by atoms with van der Waals surface area (Å²) < 4.78 is 5.59. The van der Waals surface area contributed by atoms with Crippen molar-refractivity contribution >= 4 is 28.1 Å². The molecule has 0 aliphatic carbocycles. The molecule has 3 aromatic rings. The van der Waals surface area contributed by atoms with Gasteiger partial charge in [-0.05, 0) is 23.1 Å². The van der Waals surface area contributed by atoms with Crippen LogP contribution in [0, 0.1) is 10.1 Å². The first-order valence-corrected chi connectivity index (χ1v) is 6.35. The summed E-state index contributed by atoms with van der Waals surface area (Å²) in [4.78, 5) is 17.8. The Bertz CT molecular complexity index is 833. The smallest absolute Gasteiger partial charge is 0.349 e. The third-order valence-corrected chi connectivity index (χ3v) is 3.04. The summed E-state index contributed by atoms with van der Waals surface area (Å²) in [6.45, 7) is 0. The zero-order chi connectivity index (χ0) is 14.8. The number of halogens is 1. The van der Waals surface area contributed by atoms with Gasteiger partial charge in [0.25, 0.3) is 0 Å². The lowest BCUT2D eigenvalue weighted by molar-refractivity contribution is -0.386. The molecule has 0 N–H and O–H groups in total. The number of rotatable bonds is 3. The molecule has 0 fully saturated rings. The van der Waals surface area contributed by atoms with Crippen LogP contribution in [0.15, 0.2) is 48.7 Å². The maximum atomic E-state index is 11.0. The largest absolute Gasteiger partial charge is 0.433 e. The summed E-state index contributed by atoms with van der Waals surface area (Å²) in [5.74, 6) is 0.280. The van der Waals surface area contributed by atoms with Gasteiger partial charge in [0.05, 0.1) is 4.92 Å². The van der Waals surface area contributed by atoms with E-state index >= 15 is 0 Å². The quantitative estimate of drug-likeness (QED) is 0.415. The minimum Gasteiger partial charge on any atom is -0.433 e. The van der Waals surface area contributed by atoms with E-state index < -0.39 is 4.92 Å². The van der Waals surface area contributed by atoms with E-state index in [1.165, 1.54) is 0 Å². The van der Waals surface area contributed by atoms with Crippen molar-refractivity contribution in [2.45, 2.75) is 0 Å². The molecule has 0 unspecified atom stereocenters. The van der Waals surface area contributed by atoms with Crippen LogP contribution in [-0.4, -0.2) is 14.9 Å². The van der Waals surface area contributed by atoms with E-state index in [0.29, 0.717) is 5.75 Å². The first-order valence-electron chi connectivity index (χ1n) is 5.98. The predicted molar refractivity (Wildman–Crippen MR) is 77.7 cm³/mol. The first kappa shape index (κ1) is 13.3. The molecule has 0 spiro atoms. The summed E-state index contributed by atoms with van der Waals surface area (Å²) in [6, 6.07) is 13.0. The van der Waals surface area contributed by atoms with E-state index in [-0.39, 0.29) is 16.9 Å². The number of fused-ring (bicyclic) bond motifs is 1. The molecule has 0 radical (unpaired) electrons. The van der Waals surface area contributed by atoms with E-state index in [0.717, 1.165) is 17.0 Å². The second-order valence-corrected chi connectivity index (χ2v) is 4.50. The minimum absolute atomic E-state index is 0.115. The molecule has 0 amide bonds. The van der Waals surface area contributed by atoms with E-state index in [1.807, 2.05) is 30.3 Å². The fourth-order valence-corrected chi connectivity index (χ4v) is 2.05. The highest BCUT2D eigenvalue weighted by Gasteiger charge is 2.19. The topological polar surface area (TPSA) is 78.2 Å². The second-order valence-electron chi connectivity index (χ2n) is 4.17. The van der Waals surface area contributed by atoms with Crippen molar-refractivity contribution in [1.29, 1.82) is 0 Å². The molecule has 0 atom stereocenters. The Morgan fingerprint density at radius 3 is 2.71 bits per heavy atom. The molecule has 0 saturated heterocycles. The number of ether oxygens (including phenoxy) is 1. The number of benzene rings is 2. The van der Waals surface area contributed by atoms with Gasteiger partial charge in [0, 0.05) is 5.39 Å². The Balaban J connectivity index is 2.11. The summed E-state index contributed by atoms with van der Waals surface area (Å²) >= 11 is 5.68. The van der Waals surface area contributed by atoms with Crippen molar-refractivity contribution in [2.75, 3.05) is 0 Å². The number of nitrogens with zero attached hydrogens (tertiary/aromatic N) is 3. The summed E-state index contributed by atoms with van der Waals surface area (Å²) in [7, 11) is 0. The Hall–Kier alpha value is -2.73. The number of aromatic nitrogens is 2. The van der Waals surface area contributed by atoms with Gasteiger partial charge in [-0.1, -0.05) is 36.4 Å². The van der Waals surface area contributed by atoms with E-state index in [1.54, 1.807) is 12.1 Å². The van der Waals surface area contributed by atoms with Crippen LogP contribution in [0.25, 0.3) is 10.8 Å². The van der Waals surface area contributed by atoms with Gasteiger partial charge in [0.2, 0.25) is 5.28 Å². The molecule has 0 aliphatic heterocycles. The van der Waals surface area contributed by atoms with Crippen LogP contribution in [0.2, 0.25) is 5.28 Å². The standard InChI is InChI=1S/C14H8ClN3O3/c15-14-16-8-11(18(19)20)13(17-14)21-12-7-3-5-9-4-1-2-6-10(9)12/h1-8H. The summed E-state index contributed by atoms with van der Waals surface area (Å²) in [5, 5.41) is 12.7. The first-order chi connectivity index (χ1) is 10.1. The lowest BCUT2D eigenvalue weighted by Crippen LogP contribution is -1.98. The minimum atomic E-state index is -0.614. The van der Waals surface area contributed by atoms with Crippen LogP contribution in [0.4, 0.5) is 5.69 Å². The van der Waals surface area contributed by atoms with Crippen molar-refractivity contribution < 1.29 is 9.66 Å². The maximum Gasteiger partial charge on any atom is 0.349 e. The van der Waals surface area contributed by atoms with Crippen LogP contribution in [-0.2, 0) is 0 Å². The Morgan fingerprint density at radius 2 is 1.90 bits per heavy atom. The molecule has 104 valence electrons.